The number of hydrogen-bond donors (Lipinski definition) is 1. The van der Waals surface area contributed by atoms with Gasteiger partial charge in [-0.2, -0.15) is 0 Å². The van der Waals surface area contributed by atoms with Crippen molar-refractivity contribution in [3.05, 3.63) is 0 Å². The summed E-state index contributed by atoms with van der Waals surface area (Å²) in [6, 6.07) is 0. The van der Waals surface area contributed by atoms with Crippen LogP contribution >= 0.6 is 12.4 Å². The summed E-state index contributed by atoms with van der Waals surface area (Å²) in [4.78, 5) is 16.2. The Bertz CT molecular complexity index is 278. The Hall–Kier alpha value is -0.360. The average molecular weight is 306 g/mol. The largest absolute Gasteiger partial charge is 0.465 e. The number of esters is 1. The van der Waals surface area contributed by atoms with Crippen LogP contribution in [0.25, 0.3) is 0 Å². The number of piperidine rings is 1. The molecule has 0 aromatic heterocycles. The van der Waals surface area contributed by atoms with Crippen LogP contribution in [0.1, 0.15) is 19.8 Å². The van der Waals surface area contributed by atoms with E-state index in [1.807, 2.05) is 6.92 Å². The molecule has 0 spiro atoms. The van der Waals surface area contributed by atoms with E-state index in [4.69, 9.17) is 4.74 Å². The van der Waals surface area contributed by atoms with Gasteiger partial charge in [0.2, 0.25) is 0 Å². The predicted molar refractivity (Wildman–Crippen MR) is 82.4 cm³/mol. The van der Waals surface area contributed by atoms with Gasteiger partial charge in [-0.25, -0.2) is 0 Å². The quantitative estimate of drug-likeness (QED) is 0.753. The Balaban J connectivity index is 0.00000200. The normalized spacial score (nSPS) is 22.2. The number of carbonyl (C=O) groups excluding carboxylic acids is 1. The van der Waals surface area contributed by atoms with Gasteiger partial charge in [-0.05, 0) is 38.8 Å². The third-order valence-electron chi connectivity index (χ3n) is 4.09. The minimum Gasteiger partial charge on any atom is -0.465 e. The molecule has 0 amide bonds. The van der Waals surface area contributed by atoms with Crippen LogP contribution in [-0.4, -0.2) is 74.7 Å². The molecular formula is C14H28ClN3O2. The predicted octanol–water partition coefficient (Wildman–Crippen LogP) is 0.589. The van der Waals surface area contributed by atoms with Crippen molar-refractivity contribution in [1.29, 1.82) is 0 Å². The molecule has 2 aliphatic heterocycles. The standard InChI is InChI=1S/C14H27N3O2.ClH/c1-2-19-14(18)12-16-7-3-13(4-8-16)11-17-9-5-15-6-10-17;/h13,15H,2-12H2,1H3;1H. The first-order valence-corrected chi connectivity index (χ1v) is 7.59. The van der Waals surface area contributed by atoms with Gasteiger partial charge in [0, 0.05) is 32.7 Å². The molecule has 6 heteroatoms. The van der Waals surface area contributed by atoms with Crippen LogP contribution in [0.3, 0.4) is 0 Å². The summed E-state index contributed by atoms with van der Waals surface area (Å²) in [6.07, 6.45) is 2.42. The van der Waals surface area contributed by atoms with Crippen LogP contribution in [0.2, 0.25) is 0 Å². The van der Waals surface area contributed by atoms with Crippen molar-refractivity contribution in [2.75, 3.05) is 59.0 Å². The molecule has 5 nitrogen and oxygen atoms in total. The molecule has 2 aliphatic rings. The Kier molecular flexibility index (Phi) is 8.45. The zero-order chi connectivity index (χ0) is 13.5. The van der Waals surface area contributed by atoms with Gasteiger partial charge in [-0.1, -0.05) is 0 Å². The smallest absolute Gasteiger partial charge is 0.320 e. The maximum Gasteiger partial charge on any atom is 0.320 e. The molecule has 0 radical (unpaired) electrons. The Labute approximate surface area is 128 Å². The van der Waals surface area contributed by atoms with Gasteiger partial charge in [-0.15, -0.1) is 12.4 Å². The zero-order valence-corrected chi connectivity index (χ0v) is 13.3. The lowest BCUT2D eigenvalue weighted by atomic mass is 9.96. The van der Waals surface area contributed by atoms with Gasteiger partial charge < -0.3 is 15.0 Å². The summed E-state index contributed by atoms with van der Waals surface area (Å²) in [5.41, 5.74) is 0. The van der Waals surface area contributed by atoms with Crippen molar-refractivity contribution >= 4 is 18.4 Å². The van der Waals surface area contributed by atoms with E-state index in [0.29, 0.717) is 13.2 Å². The van der Waals surface area contributed by atoms with Crippen LogP contribution in [0.5, 0.6) is 0 Å². The maximum absolute atomic E-state index is 11.4. The average Bonchev–Trinajstić information content (AvgIpc) is 2.42. The summed E-state index contributed by atoms with van der Waals surface area (Å²) in [5.74, 6) is 0.722. The van der Waals surface area contributed by atoms with Gasteiger partial charge >= 0.3 is 5.97 Å². The fraction of sp³-hybridized carbons (Fsp3) is 0.929. The molecule has 2 saturated heterocycles. The highest BCUT2D eigenvalue weighted by molar-refractivity contribution is 5.85. The summed E-state index contributed by atoms with van der Waals surface area (Å²) in [5, 5.41) is 3.39. The number of likely N-dealkylation sites (tertiary alicyclic amines) is 1. The SMILES string of the molecule is CCOC(=O)CN1CCC(CN2CCNCC2)CC1.Cl. The van der Waals surface area contributed by atoms with Crippen LogP contribution < -0.4 is 5.32 Å². The molecule has 2 rings (SSSR count). The zero-order valence-electron chi connectivity index (χ0n) is 12.5. The number of hydrogen-bond acceptors (Lipinski definition) is 5. The Morgan fingerprint density at radius 2 is 1.80 bits per heavy atom. The molecule has 0 aromatic rings. The van der Waals surface area contributed by atoms with Crippen molar-refractivity contribution in [3.63, 3.8) is 0 Å². The lowest BCUT2D eigenvalue weighted by Gasteiger charge is -2.35. The second-order valence-electron chi connectivity index (χ2n) is 5.58. The van der Waals surface area contributed by atoms with Gasteiger partial charge in [0.05, 0.1) is 13.2 Å². The minimum atomic E-state index is -0.0805. The number of nitrogens with one attached hydrogen (secondary N) is 1. The molecule has 0 atom stereocenters. The highest BCUT2D eigenvalue weighted by Crippen LogP contribution is 2.18. The van der Waals surface area contributed by atoms with Gasteiger partial charge in [0.15, 0.2) is 0 Å². The number of rotatable bonds is 5. The van der Waals surface area contributed by atoms with Gasteiger partial charge in [0.1, 0.15) is 0 Å². The van der Waals surface area contributed by atoms with Crippen molar-refractivity contribution in [3.8, 4) is 0 Å². The van der Waals surface area contributed by atoms with Crippen LogP contribution in [0, 0.1) is 5.92 Å². The van der Waals surface area contributed by atoms with Crippen molar-refractivity contribution in [1.82, 2.24) is 15.1 Å². The van der Waals surface area contributed by atoms with Gasteiger partial charge in [0.25, 0.3) is 0 Å². The fourth-order valence-corrected chi connectivity index (χ4v) is 2.98. The van der Waals surface area contributed by atoms with E-state index in [1.54, 1.807) is 0 Å². The molecular weight excluding hydrogens is 278 g/mol. The van der Waals surface area contributed by atoms with E-state index >= 15 is 0 Å². The van der Waals surface area contributed by atoms with E-state index in [9.17, 15) is 4.79 Å². The highest BCUT2D eigenvalue weighted by Gasteiger charge is 2.23. The second kappa shape index (κ2) is 9.55. The molecule has 20 heavy (non-hydrogen) atoms. The van der Waals surface area contributed by atoms with E-state index in [0.717, 1.165) is 32.1 Å². The molecule has 0 aliphatic carbocycles. The summed E-state index contributed by atoms with van der Waals surface area (Å²) < 4.78 is 5.00. The number of ether oxygens (including phenoxy) is 1. The number of nitrogens with zero attached hydrogens (tertiary/aromatic N) is 2. The van der Waals surface area contributed by atoms with E-state index in [2.05, 4.69) is 15.1 Å². The maximum atomic E-state index is 11.4. The third kappa shape index (κ3) is 5.95. The third-order valence-corrected chi connectivity index (χ3v) is 4.09. The van der Waals surface area contributed by atoms with Crippen LogP contribution in [0.15, 0.2) is 0 Å². The first kappa shape index (κ1) is 17.7. The first-order chi connectivity index (χ1) is 9.28. The Morgan fingerprint density at radius 1 is 1.15 bits per heavy atom. The highest BCUT2D eigenvalue weighted by atomic mass is 35.5. The molecule has 0 unspecified atom stereocenters. The summed E-state index contributed by atoms with van der Waals surface area (Å²) >= 11 is 0. The molecule has 2 fully saturated rings. The van der Waals surface area contributed by atoms with E-state index in [-0.39, 0.29) is 18.4 Å². The number of halogens is 1. The van der Waals surface area contributed by atoms with Gasteiger partial charge in [-0.3, -0.25) is 9.69 Å². The number of piperazine rings is 1. The van der Waals surface area contributed by atoms with Crippen molar-refractivity contribution < 1.29 is 9.53 Å². The molecule has 2 heterocycles. The lowest BCUT2D eigenvalue weighted by molar-refractivity contribution is -0.144. The minimum absolute atomic E-state index is 0. The fourth-order valence-electron chi connectivity index (χ4n) is 2.98. The molecule has 118 valence electrons. The molecule has 1 N–H and O–H groups in total. The van der Waals surface area contributed by atoms with E-state index in [1.165, 1.54) is 32.5 Å². The monoisotopic (exact) mass is 305 g/mol. The summed E-state index contributed by atoms with van der Waals surface area (Å²) in [6.45, 7) is 10.7. The number of carbonyl (C=O) groups is 1. The molecule has 0 saturated carbocycles. The van der Waals surface area contributed by atoms with Crippen LogP contribution in [0.4, 0.5) is 0 Å². The summed E-state index contributed by atoms with van der Waals surface area (Å²) in [7, 11) is 0. The first-order valence-electron chi connectivity index (χ1n) is 7.59. The van der Waals surface area contributed by atoms with E-state index < -0.39 is 0 Å². The van der Waals surface area contributed by atoms with Crippen molar-refractivity contribution in [2.24, 2.45) is 5.92 Å². The van der Waals surface area contributed by atoms with Crippen LogP contribution in [-0.2, 0) is 9.53 Å². The lowest BCUT2D eigenvalue weighted by Crippen LogP contribution is -2.47. The Morgan fingerprint density at radius 3 is 2.40 bits per heavy atom. The molecule has 0 aromatic carbocycles. The second-order valence-corrected chi connectivity index (χ2v) is 5.58. The topological polar surface area (TPSA) is 44.8 Å². The van der Waals surface area contributed by atoms with Crippen molar-refractivity contribution in [2.45, 2.75) is 19.8 Å². The molecule has 0 bridgehead atoms.